The van der Waals surface area contributed by atoms with Crippen LogP contribution < -0.4 is 5.32 Å². The van der Waals surface area contributed by atoms with E-state index in [9.17, 15) is 4.39 Å². The Bertz CT molecular complexity index is 322. The van der Waals surface area contributed by atoms with Gasteiger partial charge in [0.15, 0.2) is 0 Å². The largest absolute Gasteiger partial charge is 0.310 e. The Kier molecular flexibility index (Phi) is 2.08. The summed E-state index contributed by atoms with van der Waals surface area (Å²) in [6.45, 7) is 5.22. The third-order valence-electron chi connectivity index (χ3n) is 2.78. The topological polar surface area (TPSA) is 12.0 Å². The summed E-state index contributed by atoms with van der Waals surface area (Å²) in [5, 5.41) is 3.35. The third kappa shape index (κ3) is 1.46. The number of hydrogen-bond acceptors (Lipinski definition) is 1. The van der Waals surface area contributed by atoms with Crippen LogP contribution in [0.2, 0.25) is 0 Å². The minimum Gasteiger partial charge on any atom is -0.310 e. The quantitative estimate of drug-likeness (QED) is 0.645. The fourth-order valence-corrected chi connectivity index (χ4v) is 1.94. The lowest BCUT2D eigenvalue weighted by Gasteiger charge is -2.28. The summed E-state index contributed by atoms with van der Waals surface area (Å²) in [7, 11) is 0. The molecule has 1 aromatic carbocycles. The van der Waals surface area contributed by atoms with E-state index in [1.54, 1.807) is 12.1 Å². The van der Waals surface area contributed by atoms with Crippen molar-refractivity contribution in [2.45, 2.75) is 25.8 Å². The van der Waals surface area contributed by atoms with Crippen LogP contribution in [-0.2, 0) is 0 Å². The molecule has 13 heavy (non-hydrogen) atoms. The van der Waals surface area contributed by atoms with Crippen molar-refractivity contribution in [3.05, 3.63) is 35.1 Å². The molecule has 1 aliphatic rings. The van der Waals surface area contributed by atoms with E-state index in [0.29, 0.717) is 5.92 Å². The highest BCUT2D eigenvalue weighted by Gasteiger charge is 2.21. The average Bonchev–Trinajstić information content (AvgIpc) is 2.12. The van der Waals surface area contributed by atoms with Crippen LogP contribution in [0.4, 0.5) is 4.39 Å². The van der Waals surface area contributed by atoms with Crippen LogP contribution in [0.3, 0.4) is 0 Å². The zero-order chi connectivity index (χ0) is 9.42. The monoisotopic (exact) mass is 179 g/mol. The molecule has 1 heterocycles. The molecule has 0 saturated carbocycles. The molecule has 2 unspecified atom stereocenters. The molecule has 1 aromatic rings. The molecule has 0 saturated heterocycles. The number of hydrogen-bond donors (Lipinski definition) is 1. The van der Waals surface area contributed by atoms with Crippen LogP contribution in [0.15, 0.2) is 18.2 Å². The van der Waals surface area contributed by atoms with Crippen LogP contribution in [0.25, 0.3) is 0 Å². The summed E-state index contributed by atoms with van der Waals surface area (Å²) in [5.41, 5.74) is 2.39. The summed E-state index contributed by atoms with van der Waals surface area (Å²) in [6.07, 6.45) is 0. The Morgan fingerprint density at radius 1 is 1.31 bits per heavy atom. The molecule has 1 aliphatic heterocycles. The number of rotatable bonds is 0. The van der Waals surface area contributed by atoms with E-state index in [-0.39, 0.29) is 11.9 Å². The van der Waals surface area contributed by atoms with E-state index in [0.717, 1.165) is 12.1 Å². The Hall–Kier alpha value is -0.890. The fraction of sp³-hybridized carbons (Fsp3) is 0.455. The van der Waals surface area contributed by atoms with Gasteiger partial charge in [0.25, 0.3) is 0 Å². The predicted octanol–water partition coefficient (Wildman–Crippen LogP) is 2.59. The maximum absolute atomic E-state index is 13.0. The third-order valence-corrected chi connectivity index (χ3v) is 2.78. The van der Waals surface area contributed by atoms with Gasteiger partial charge in [-0.1, -0.05) is 13.0 Å². The van der Waals surface area contributed by atoms with Gasteiger partial charge in [0, 0.05) is 12.6 Å². The molecule has 1 nitrogen and oxygen atoms in total. The zero-order valence-electron chi connectivity index (χ0n) is 7.97. The second-order valence-electron chi connectivity index (χ2n) is 3.80. The van der Waals surface area contributed by atoms with Gasteiger partial charge in [-0.25, -0.2) is 4.39 Å². The highest BCUT2D eigenvalue weighted by Crippen LogP contribution is 2.29. The highest BCUT2D eigenvalue weighted by atomic mass is 19.1. The van der Waals surface area contributed by atoms with Crippen LogP contribution in [0.1, 0.15) is 36.9 Å². The summed E-state index contributed by atoms with van der Waals surface area (Å²) in [5.74, 6) is 0.355. The van der Waals surface area contributed by atoms with Gasteiger partial charge in [-0.05, 0) is 36.1 Å². The first-order valence-electron chi connectivity index (χ1n) is 4.71. The second kappa shape index (κ2) is 3.11. The first-order valence-corrected chi connectivity index (χ1v) is 4.71. The van der Waals surface area contributed by atoms with Crippen LogP contribution in [-0.4, -0.2) is 6.54 Å². The lowest BCUT2D eigenvalue weighted by atomic mass is 9.88. The van der Waals surface area contributed by atoms with Crippen LogP contribution >= 0.6 is 0 Å². The van der Waals surface area contributed by atoms with Gasteiger partial charge in [-0.3, -0.25) is 0 Å². The molecule has 0 fully saturated rings. The van der Waals surface area contributed by atoms with Gasteiger partial charge >= 0.3 is 0 Å². The molecule has 2 heteroatoms. The molecular formula is C11H14FN. The van der Waals surface area contributed by atoms with Crippen molar-refractivity contribution >= 4 is 0 Å². The number of nitrogens with one attached hydrogen (secondary N) is 1. The average molecular weight is 179 g/mol. The molecule has 2 atom stereocenters. The summed E-state index contributed by atoms with van der Waals surface area (Å²) >= 11 is 0. The second-order valence-corrected chi connectivity index (χ2v) is 3.80. The lowest BCUT2D eigenvalue weighted by molar-refractivity contribution is 0.489. The van der Waals surface area contributed by atoms with Crippen molar-refractivity contribution in [3.63, 3.8) is 0 Å². The number of halogens is 1. The molecule has 0 spiro atoms. The molecule has 70 valence electrons. The maximum atomic E-state index is 13.0. The molecule has 0 aliphatic carbocycles. The van der Waals surface area contributed by atoms with Gasteiger partial charge in [-0.15, -0.1) is 0 Å². The van der Waals surface area contributed by atoms with E-state index in [4.69, 9.17) is 0 Å². The smallest absolute Gasteiger partial charge is 0.123 e. The predicted molar refractivity (Wildman–Crippen MR) is 51.2 cm³/mol. The van der Waals surface area contributed by atoms with Crippen molar-refractivity contribution in [2.24, 2.45) is 0 Å². The summed E-state index contributed by atoms with van der Waals surface area (Å²) < 4.78 is 13.0. The summed E-state index contributed by atoms with van der Waals surface area (Å²) in [4.78, 5) is 0. The molecule has 0 aromatic heterocycles. The van der Waals surface area contributed by atoms with Crippen molar-refractivity contribution in [1.29, 1.82) is 0 Å². The number of fused-ring (bicyclic) bond motifs is 1. The summed E-state index contributed by atoms with van der Waals surface area (Å²) in [6, 6.07) is 5.38. The lowest BCUT2D eigenvalue weighted by Crippen LogP contribution is -2.30. The van der Waals surface area contributed by atoms with Crippen molar-refractivity contribution < 1.29 is 4.39 Å². The van der Waals surface area contributed by atoms with Gasteiger partial charge in [0.05, 0.1) is 0 Å². The molecule has 1 N–H and O–H groups in total. The molecular weight excluding hydrogens is 165 g/mol. The molecule has 0 bridgehead atoms. The standard InChI is InChI=1S/C11H14FN/c1-7-6-13-8(2)11-5-9(12)3-4-10(7)11/h3-5,7-8,13H,6H2,1-2H3. The minimum atomic E-state index is -0.137. The molecule has 0 amide bonds. The van der Waals surface area contributed by atoms with E-state index in [1.807, 2.05) is 6.07 Å². The number of benzene rings is 1. The Labute approximate surface area is 78.0 Å². The van der Waals surface area contributed by atoms with Crippen LogP contribution in [0, 0.1) is 5.82 Å². The van der Waals surface area contributed by atoms with Crippen molar-refractivity contribution in [3.8, 4) is 0 Å². The highest BCUT2D eigenvalue weighted by molar-refractivity contribution is 5.35. The van der Waals surface area contributed by atoms with Gasteiger partial charge < -0.3 is 5.32 Å². The van der Waals surface area contributed by atoms with Gasteiger partial charge in [0.2, 0.25) is 0 Å². The SMILES string of the molecule is CC1CNC(C)c2cc(F)ccc21. The fourth-order valence-electron chi connectivity index (χ4n) is 1.94. The van der Waals surface area contributed by atoms with E-state index >= 15 is 0 Å². The first-order chi connectivity index (χ1) is 6.18. The van der Waals surface area contributed by atoms with Gasteiger partial charge in [0.1, 0.15) is 5.82 Å². The molecule has 2 rings (SSSR count). The molecule has 0 radical (unpaired) electrons. The van der Waals surface area contributed by atoms with Gasteiger partial charge in [-0.2, -0.15) is 0 Å². The minimum absolute atomic E-state index is 0.137. The maximum Gasteiger partial charge on any atom is 0.123 e. The van der Waals surface area contributed by atoms with Crippen molar-refractivity contribution in [1.82, 2.24) is 5.32 Å². The van der Waals surface area contributed by atoms with E-state index in [1.165, 1.54) is 5.56 Å². The first kappa shape index (κ1) is 8.70. The van der Waals surface area contributed by atoms with Crippen molar-refractivity contribution in [2.75, 3.05) is 6.54 Å². The van der Waals surface area contributed by atoms with Crippen LogP contribution in [0.5, 0.6) is 0 Å². The normalized spacial score (nSPS) is 27.0. The zero-order valence-corrected chi connectivity index (χ0v) is 7.97. The van der Waals surface area contributed by atoms with E-state index in [2.05, 4.69) is 19.2 Å². The Morgan fingerprint density at radius 2 is 2.08 bits per heavy atom. The van der Waals surface area contributed by atoms with E-state index < -0.39 is 0 Å². The Balaban J connectivity index is 2.50. The Morgan fingerprint density at radius 3 is 2.85 bits per heavy atom.